The Morgan fingerprint density at radius 2 is 2.00 bits per heavy atom. The van der Waals surface area contributed by atoms with Crippen LogP contribution in [0.3, 0.4) is 0 Å². The van der Waals surface area contributed by atoms with E-state index in [1.165, 1.54) is 17.4 Å². The second kappa shape index (κ2) is 7.21. The molecule has 0 unspecified atom stereocenters. The Morgan fingerprint density at radius 1 is 1.24 bits per heavy atom. The molecule has 114 valence electrons. The normalized spacial score (nSPS) is 11.8. The second-order valence-electron chi connectivity index (χ2n) is 4.31. The minimum Gasteiger partial charge on any atom is -0.316 e. The molecule has 0 spiro atoms. The van der Waals surface area contributed by atoms with Crippen LogP contribution < -0.4 is 10.0 Å². The van der Waals surface area contributed by atoms with Gasteiger partial charge in [-0.3, -0.25) is 0 Å². The van der Waals surface area contributed by atoms with Crippen molar-refractivity contribution in [2.45, 2.75) is 18.0 Å². The van der Waals surface area contributed by atoms with Crippen LogP contribution >= 0.6 is 38.9 Å². The van der Waals surface area contributed by atoms with Gasteiger partial charge in [-0.05, 0) is 52.8 Å². The van der Waals surface area contributed by atoms with Gasteiger partial charge in [0.05, 0.1) is 8.68 Å². The molecule has 0 saturated heterocycles. The van der Waals surface area contributed by atoms with Crippen LogP contribution in [-0.2, 0) is 23.1 Å². The fourth-order valence-electron chi connectivity index (χ4n) is 1.73. The molecule has 0 fully saturated rings. The zero-order valence-corrected chi connectivity index (χ0v) is 15.2. The number of halogens is 2. The Morgan fingerprint density at radius 3 is 2.57 bits per heavy atom. The third-order valence-corrected chi connectivity index (χ3v) is 6.14. The molecule has 4 nitrogen and oxygen atoms in total. The maximum absolute atomic E-state index is 12.2. The van der Waals surface area contributed by atoms with Crippen molar-refractivity contribution in [3.63, 3.8) is 0 Å². The molecule has 8 heteroatoms. The highest BCUT2D eigenvalue weighted by molar-refractivity contribution is 9.11. The molecule has 1 aromatic heterocycles. The minimum atomic E-state index is -3.57. The van der Waals surface area contributed by atoms with Crippen LogP contribution in [0.5, 0.6) is 0 Å². The SMILES string of the molecule is CNCc1ccc(S(=O)(=O)NCc2ccc(Br)s2)cc1Cl. The van der Waals surface area contributed by atoms with Crippen LogP contribution in [0.4, 0.5) is 0 Å². The molecule has 0 atom stereocenters. The Balaban J connectivity index is 2.13. The predicted octanol–water partition coefficient (Wildman–Crippen LogP) is 3.36. The summed E-state index contributed by atoms with van der Waals surface area (Å²) < 4.78 is 28.0. The summed E-state index contributed by atoms with van der Waals surface area (Å²) in [6.07, 6.45) is 0. The Kier molecular flexibility index (Phi) is 5.81. The van der Waals surface area contributed by atoms with Crippen molar-refractivity contribution in [3.05, 3.63) is 49.6 Å². The van der Waals surface area contributed by atoms with Crippen molar-refractivity contribution >= 4 is 48.9 Å². The van der Waals surface area contributed by atoms with Gasteiger partial charge in [-0.15, -0.1) is 11.3 Å². The third-order valence-electron chi connectivity index (χ3n) is 2.77. The molecular weight excluding hydrogens is 396 g/mol. The van der Waals surface area contributed by atoms with Gasteiger partial charge in [-0.1, -0.05) is 17.7 Å². The van der Waals surface area contributed by atoms with Gasteiger partial charge in [0.1, 0.15) is 0 Å². The van der Waals surface area contributed by atoms with E-state index in [0.29, 0.717) is 11.6 Å². The fourth-order valence-corrected chi connectivity index (χ4v) is 4.58. The molecule has 1 aromatic carbocycles. The molecule has 0 amide bonds. The van der Waals surface area contributed by atoms with Crippen molar-refractivity contribution in [3.8, 4) is 0 Å². The van der Waals surface area contributed by atoms with Crippen molar-refractivity contribution < 1.29 is 8.42 Å². The molecule has 2 aromatic rings. The van der Waals surface area contributed by atoms with Gasteiger partial charge in [0.15, 0.2) is 0 Å². The van der Waals surface area contributed by atoms with Gasteiger partial charge < -0.3 is 5.32 Å². The van der Waals surface area contributed by atoms with E-state index in [1.807, 2.05) is 19.2 Å². The molecule has 0 aliphatic rings. The fraction of sp³-hybridized carbons (Fsp3) is 0.231. The highest BCUT2D eigenvalue weighted by Crippen LogP contribution is 2.23. The van der Waals surface area contributed by atoms with E-state index in [2.05, 4.69) is 26.0 Å². The topological polar surface area (TPSA) is 58.2 Å². The second-order valence-corrected chi connectivity index (χ2v) is 9.04. The monoisotopic (exact) mass is 408 g/mol. The molecular formula is C13H14BrClN2O2S2. The molecule has 0 aliphatic heterocycles. The van der Waals surface area contributed by atoms with E-state index < -0.39 is 10.0 Å². The molecule has 0 radical (unpaired) electrons. The standard InChI is InChI=1S/C13H14BrClN2O2S2/c1-16-7-9-2-4-11(6-12(9)15)21(18,19)17-8-10-3-5-13(14)20-10/h2-6,16-17H,7-8H2,1H3. The van der Waals surface area contributed by atoms with Crippen molar-refractivity contribution in [2.75, 3.05) is 7.05 Å². The molecule has 0 bridgehead atoms. The smallest absolute Gasteiger partial charge is 0.240 e. The highest BCUT2D eigenvalue weighted by Gasteiger charge is 2.15. The Hall–Kier alpha value is -0.440. The summed E-state index contributed by atoms with van der Waals surface area (Å²) >= 11 is 10.9. The number of hydrogen-bond donors (Lipinski definition) is 2. The van der Waals surface area contributed by atoms with E-state index in [1.54, 1.807) is 12.1 Å². The van der Waals surface area contributed by atoms with Crippen LogP contribution in [0, 0.1) is 0 Å². The summed E-state index contributed by atoms with van der Waals surface area (Å²) in [6, 6.07) is 8.51. The van der Waals surface area contributed by atoms with Crippen LogP contribution in [0.2, 0.25) is 5.02 Å². The largest absolute Gasteiger partial charge is 0.316 e. The summed E-state index contributed by atoms with van der Waals surface area (Å²) in [4.78, 5) is 1.10. The van der Waals surface area contributed by atoms with Crippen LogP contribution in [0.15, 0.2) is 39.0 Å². The van der Waals surface area contributed by atoms with E-state index in [4.69, 9.17) is 11.6 Å². The molecule has 2 rings (SSSR count). The molecule has 2 N–H and O–H groups in total. The number of rotatable bonds is 6. The van der Waals surface area contributed by atoms with Crippen molar-refractivity contribution in [1.82, 2.24) is 10.0 Å². The predicted molar refractivity (Wildman–Crippen MR) is 90.3 cm³/mol. The zero-order valence-electron chi connectivity index (χ0n) is 11.2. The number of sulfonamides is 1. The number of hydrogen-bond acceptors (Lipinski definition) is 4. The lowest BCUT2D eigenvalue weighted by atomic mass is 10.2. The number of nitrogens with one attached hydrogen (secondary N) is 2. The van der Waals surface area contributed by atoms with Crippen LogP contribution in [0.25, 0.3) is 0 Å². The molecule has 0 aliphatic carbocycles. The third kappa shape index (κ3) is 4.51. The number of benzene rings is 1. The van der Waals surface area contributed by atoms with E-state index in [-0.39, 0.29) is 11.4 Å². The van der Waals surface area contributed by atoms with E-state index >= 15 is 0 Å². The Labute approximate surface area is 141 Å². The van der Waals surface area contributed by atoms with Gasteiger partial charge in [0.25, 0.3) is 0 Å². The average Bonchev–Trinajstić information content (AvgIpc) is 2.85. The van der Waals surface area contributed by atoms with Crippen molar-refractivity contribution in [2.24, 2.45) is 0 Å². The average molecular weight is 410 g/mol. The summed E-state index contributed by atoms with van der Waals surface area (Å²) in [5, 5.41) is 3.42. The van der Waals surface area contributed by atoms with Gasteiger partial charge in [0.2, 0.25) is 10.0 Å². The maximum Gasteiger partial charge on any atom is 0.240 e. The highest BCUT2D eigenvalue weighted by atomic mass is 79.9. The van der Waals surface area contributed by atoms with Crippen molar-refractivity contribution in [1.29, 1.82) is 0 Å². The number of thiophene rings is 1. The van der Waals surface area contributed by atoms with Gasteiger partial charge in [-0.2, -0.15) is 0 Å². The first-order valence-corrected chi connectivity index (χ1v) is 9.56. The van der Waals surface area contributed by atoms with Gasteiger partial charge in [-0.25, -0.2) is 13.1 Å². The van der Waals surface area contributed by atoms with Crippen LogP contribution in [-0.4, -0.2) is 15.5 Å². The van der Waals surface area contributed by atoms with Crippen LogP contribution in [0.1, 0.15) is 10.4 Å². The lowest BCUT2D eigenvalue weighted by molar-refractivity contribution is 0.582. The summed E-state index contributed by atoms with van der Waals surface area (Å²) in [6.45, 7) is 0.851. The lowest BCUT2D eigenvalue weighted by Crippen LogP contribution is -2.23. The summed E-state index contributed by atoms with van der Waals surface area (Å²) in [5.41, 5.74) is 0.861. The summed E-state index contributed by atoms with van der Waals surface area (Å²) in [5.74, 6) is 0. The lowest BCUT2D eigenvalue weighted by Gasteiger charge is -2.08. The first-order valence-electron chi connectivity index (χ1n) is 6.09. The zero-order chi connectivity index (χ0) is 15.5. The summed E-state index contributed by atoms with van der Waals surface area (Å²) in [7, 11) is -1.76. The molecule has 0 saturated carbocycles. The quantitative estimate of drug-likeness (QED) is 0.769. The first-order chi connectivity index (χ1) is 9.92. The van der Waals surface area contributed by atoms with Gasteiger partial charge >= 0.3 is 0 Å². The Bertz CT molecular complexity index is 732. The van der Waals surface area contributed by atoms with E-state index in [0.717, 1.165) is 14.2 Å². The van der Waals surface area contributed by atoms with Gasteiger partial charge in [0, 0.05) is 23.0 Å². The maximum atomic E-state index is 12.2. The molecule has 1 heterocycles. The molecule has 21 heavy (non-hydrogen) atoms. The first kappa shape index (κ1) is 16.9. The minimum absolute atomic E-state index is 0.169. The van der Waals surface area contributed by atoms with E-state index in [9.17, 15) is 8.42 Å².